The van der Waals surface area contributed by atoms with Gasteiger partial charge in [0.15, 0.2) is 0 Å². The smallest absolute Gasteiger partial charge is 0.317 e. The second-order valence-electron chi connectivity index (χ2n) is 6.60. The van der Waals surface area contributed by atoms with Gasteiger partial charge in [-0.3, -0.25) is 4.79 Å². The topological polar surface area (TPSA) is 68.2 Å². The summed E-state index contributed by atoms with van der Waals surface area (Å²) in [5.74, 6) is 0.0370. The summed E-state index contributed by atoms with van der Waals surface area (Å²) < 4.78 is 7.00. The number of aryl methyl sites for hydroxylation is 2. The van der Waals surface area contributed by atoms with E-state index >= 15 is 0 Å². The number of aromatic nitrogens is 3. The van der Waals surface area contributed by atoms with Gasteiger partial charge in [-0.15, -0.1) is 11.3 Å². The van der Waals surface area contributed by atoms with Gasteiger partial charge < -0.3 is 9.64 Å². The van der Waals surface area contributed by atoms with Gasteiger partial charge in [-0.2, -0.15) is 0 Å². The lowest BCUT2D eigenvalue weighted by atomic mass is 10.1. The van der Waals surface area contributed by atoms with Gasteiger partial charge in [0.2, 0.25) is 0 Å². The standard InChI is InChI=1S/C19H20N4O2S/c1-12-8-13(2)22-19(21-12)25-15-4-3-7-23(10-15)18(24)14-5-6-16-17(9-14)26-11-20-16/h5-6,8-9,11,15H,3-4,7,10H2,1-2H3. The summed E-state index contributed by atoms with van der Waals surface area (Å²) in [5, 5.41) is 0. The Kier molecular flexibility index (Phi) is 4.55. The first-order chi connectivity index (χ1) is 12.6. The average molecular weight is 368 g/mol. The molecule has 2 aromatic heterocycles. The molecular formula is C19H20N4O2S. The third-order valence-electron chi connectivity index (χ3n) is 4.48. The highest BCUT2D eigenvalue weighted by molar-refractivity contribution is 7.16. The zero-order valence-corrected chi connectivity index (χ0v) is 15.6. The van der Waals surface area contributed by atoms with Crippen molar-refractivity contribution in [3.8, 4) is 6.01 Å². The first kappa shape index (κ1) is 16.9. The number of benzene rings is 1. The second kappa shape index (κ2) is 6.99. The third kappa shape index (κ3) is 3.53. The first-order valence-corrected chi connectivity index (χ1v) is 9.58. The molecule has 0 saturated carbocycles. The number of hydrogen-bond donors (Lipinski definition) is 0. The number of rotatable bonds is 3. The van der Waals surface area contributed by atoms with Crippen LogP contribution >= 0.6 is 11.3 Å². The van der Waals surface area contributed by atoms with Crippen LogP contribution in [0.2, 0.25) is 0 Å². The van der Waals surface area contributed by atoms with Crippen molar-refractivity contribution in [2.75, 3.05) is 13.1 Å². The van der Waals surface area contributed by atoms with Gasteiger partial charge in [-0.1, -0.05) is 0 Å². The number of thiazole rings is 1. The maximum Gasteiger partial charge on any atom is 0.317 e. The van der Waals surface area contributed by atoms with E-state index < -0.39 is 0 Å². The number of piperidine rings is 1. The minimum atomic E-state index is -0.0824. The molecule has 7 heteroatoms. The van der Waals surface area contributed by atoms with E-state index in [1.807, 2.05) is 43.0 Å². The van der Waals surface area contributed by atoms with Gasteiger partial charge in [0.1, 0.15) is 6.10 Å². The average Bonchev–Trinajstić information content (AvgIpc) is 3.08. The monoisotopic (exact) mass is 368 g/mol. The van der Waals surface area contributed by atoms with Gasteiger partial charge in [-0.25, -0.2) is 15.0 Å². The summed E-state index contributed by atoms with van der Waals surface area (Å²) in [7, 11) is 0. The Morgan fingerprint density at radius 2 is 2.04 bits per heavy atom. The van der Waals surface area contributed by atoms with Crippen LogP contribution in [0.5, 0.6) is 6.01 Å². The lowest BCUT2D eigenvalue weighted by Gasteiger charge is -2.32. The van der Waals surface area contributed by atoms with Crippen molar-refractivity contribution in [3.63, 3.8) is 0 Å². The van der Waals surface area contributed by atoms with Crippen LogP contribution in [0.1, 0.15) is 34.6 Å². The Hall–Kier alpha value is -2.54. The lowest BCUT2D eigenvalue weighted by Crippen LogP contribution is -2.44. The van der Waals surface area contributed by atoms with Crippen LogP contribution in [0, 0.1) is 13.8 Å². The zero-order chi connectivity index (χ0) is 18.1. The molecule has 0 N–H and O–H groups in total. The number of carbonyl (C=O) groups is 1. The summed E-state index contributed by atoms with van der Waals surface area (Å²) in [6.07, 6.45) is 1.72. The largest absolute Gasteiger partial charge is 0.458 e. The Morgan fingerprint density at radius 3 is 2.85 bits per heavy atom. The van der Waals surface area contributed by atoms with Crippen molar-refractivity contribution in [2.24, 2.45) is 0 Å². The van der Waals surface area contributed by atoms with Crippen molar-refractivity contribution in [3.05, 3.63) is 46.7 Å². The molecular weight excluding hydrogens is 348 g/mol. The quantitative estimate of drug-likeness (QED) is 0.709. The summed E-state index contributed by atoms with van der Waals surface area (Å²) >= 11 is 1.55. The van der Waals surface area contributed by atoms with E-state index in [-0.39, 0.29) is 12.0 Å². The fraction of sp³-hybridized carbons (Fsp3) is 0.368. The number of ether oxygens (including phenoxy) is 1. The Balaban J connectivity index is 1.47. The fourth-order valence-corrected chi connectivity index (χ4v) is 4.00. The van der Waals surface area contributed by atoms with E-state index in [0.29, 0.717) is 18.1 Å². The highest BCUT2D eigenvalue weighted by atomic mass is 32.1. The molecule has 1 aromatic carbocycles. The van der Waals surface area contributed by atoms with Gasteiger partial charge in [-0.05, 0) is 51.0 Å². The number of amides is 1. The Labute approximate surface area is 155 Å². The third-order valence-corrected chi connectivity index (χ3v) is 5.27. The van der Waals surface area contributed by atoms with Gasteiger partial charge in [0, 0.05) is 23.5 Å². The fourth-order valence-electron chi connectivity index (χ4n) is 3.28. The molecule has 26 heavy (non-hydrogen) atoms. The lowest BCUT2D eigenvalue weighted by molar-refractivity contribution is 0.0515. The molecule has 4 rings (SSSR count). The molecule has 6 nitrogen and oxygen atoms in total. The number of fused-ring (bicyclic) bond motifs is 1. The van der Waals surface area contributed by atoms with E-state index in [4.69, 9.17) is 4.74 Å². The maximum atomic E-state index is 12.9. The molecule has 1 amide bonds. The molecule has 3 aromatic rings. The molecule has 1 aliphatic rings. The van der Waals surface area contributed by atoms with Crippen molar-refractivity contribution in [2.45, 2.75) is 32.8 Å². The van der Waals surface area contributed by atoms with Crippen molar-refractivity contribution >= 4 is 27.5 Å². The maximum absolute atomic E-state index is 12.9. The first-order valence-electron chi connectivity index (χ1n) is 8.70. The molecule has 3 heterocycles. The normalized spacial score (nSPS) is 17.5. The van der Waals surface area contributed by atoms with Crippen LogP contribution in [-0.4, -0.2) is 45.0 Å². The summed E-state index contributed by atoms with van der Waals surface area (Å²) in [6, 6.07) is 7.99. The van der Waals surface area contributed by atoms with E-state index in [0.717, 1.165) is 41.0 Å². The molecule has 134 valence electrons. The van der Waals surface area contributed by atoms with Crippen LogP contribution in [0.3, 0.4) is 0 Å². The Bertz CT molecular complexity index is 935. The predicted molar refractivity (Wildman–Crippen MR) is 101 cm³/mol. The summed E-state index contributed by atoms with van der Waals surface area (Å²) in [6.45, 7) is 5.14. The van der Waals surface area contributed by atoms with Crippen molar-refractivity contribution < 1.29 is 9.53 Å². The zero-order valence-electron chi connectivity index (χ0n) is 14.8. The van der Waals surface area contributed by atoms with Crippen LogP contribution in [0.4, 0.5) is 0 Å². The van der Waals surface area contributed by atoms with E-state index in [9.17, 15) is 4.79 Å². The van der Waals surface area contributed by atoms with Gasteiger partial charge in [0.05, 0.1) is 22.3 Å². The minimum Gasteiger partial charge on any atom is -0.458 e. The molecule has 1 atom stereocenters. The van der Waals surface area contributed by atoms with Crippen LogP contribution in [0.15, 0.2) is 29.8 Å². The van der Waals surface area contributed by atoms with Crippen molar-refractivity contribution in [1.82, 2.24) is 19.9 Å². The van der Waals surface area contributed by atoms with Crippen LogP contribution in [0.25, 0.3) is 10.2 Å². The number of nitrogens with zero attached hydrogens (tertiary/aromatic N) is 4. The molecule has 1 aliphatic heterocycles. The SMILES string of the molecule is Cc1cc(C)nc(OC2CCCN(C(=O)c3ccc4ncsc4c3)C2)n1. The van der Waals surface area contributed by atoms with Gasteiger partial charge in [0.25, 0.3) is 5.91 Å². The molecule has 0 aliphatic carbocycles. The molecule has 1 unspecified atom stereocenters. The van der Waals surface area contributed by atoms with E-state index in [1.165, 1.54) is 0 Å². The molecule has 0 spiro atoms. The number of carbonyl (C=O) groups excluding carboxylic acids is 1. The summed E-state index contributed by atoms with van der Waals surface area (Å²) in [5.41, 5.74) is 5.19. The number of hydrogen-bond acceptors (Lipinski definition) is 6. The van der Waals surface area contributed by atoms with Gasteiger partial charge >= 0.3 is 6.01 Å². The molecule has 1 saturated heterocycles. The Morgan fingerprint density at radius 1 is 1.23 bits per heavy atom. The van der Waals surface area contributed by atoms with Crippen LogP contribution < -0.4 is 4.74 Å². The molecule has 0 radical (unpaired) electrons. The van der Waals surface area contributed by atoms with E-state index in [2.05, 4.69) is 15.0 Å². The molecule has 1 fully saturated rings. The van der Waals surface area contributed by atoms with Crippen molar-refractivity contribution in [1.29, 1.82) is 0 Å². The molecule has 0 bridgehead atoms. The van der Waals surface area contributed by atoms with Crippen LogP contribution in [-0.2, 0) is 0 Å². The second-order valence-corrected chi connectivity index (χ2v) is 7.49. The minimum absolute atomic E-state index is 0.0370. The highest BCUT2D eigenvalue weighted by Gasteiger charge is 2.26. The number of likely N-dealkylation sites (tertiary alicyclic amines) is 1. The summed E-state index contributed by atoms with van der Waals surface area (Å²) in [4.78, 5) is 27.7. The highest BCUT2D eigenvalue weighted by Crippen LogP contribution is 2.22. The predicted octanol–water partition coefficient (Wildman–Crippen LogP) is 3.39. The van der Waals surface area contributed by atoms with E-state index in [1.54, 1.807) is 16.8 Å².